The Bertz CT molecular complexity index is 591. The number of rotatable bonds is 5. The molecule has 1 N–H and O–H groups in total. The van der Waals surface area contributed by atoms with E-state index >= 15 is 0 Å². The van der Waals surface area contributed by atoms with Gasteiger partial charge in [0, 0.05) is 16.6 Å². The maximum Gasteiger partial charge on any atom is 0.387 e. The highest BCUT2D eigenvalue weighted by molar-refractivity contribution is 9.11. The SMILES string of the molecule is CC(Nc1ccc(OC(F)F)c(F)c1)c1ccc(Br)s1. The number of ether oxygens (including phenoxy) is 1. The smallest absolute Gasteiger partial charge is 0.387 e. The van der Waals surface area contributed by atoms with Crippen molar-refractivity contribution in [1.82, 2.24) is 0 Å². The van der Waals surface area contributed by atoms with Gasteiger partial charge in [0.05, 0.1) is 9.83 Å². The molecular weight excluding hydrogens is 355 g/mol. The van der Waals surface area contributed by atoms with Crippen LogP contribution in [0.25, 0.3) is 0 Å². The third-order valence-electron chi connectivity index (χ3n) is 2.55. The monoisotopic (exact) mass is 365 g/mol. The number of hydrogen-bond donors (Lipinski definition) is 1. The van der Waals surface area contributed by atoms with E-state index in [9.17, 15) is 13.2 Å². The van der Waals surface area contributed by atoms with Crippen molar-refractivity contribution in [3.8, 4) is 5.75 Å². The second-order valence-corrected chi connectivity index (χ2v) is 6.53. The Morgan fingerprint density at radius 1 is 1.25 bits per heavy atom. The molecule has 0 spiro atoms. The molecule has 2 aromatic rings. The van der Waals surface area contributed by atoms with Crippen molar-refractivity contribution < 1.29 is 17.9 Å². The molecule has 1 unspecified atom stereocenters. The summed E-state index contributed by atoms with van der Waals surface area (Å²) in [5.74, 6) is -1.29. The summed E-state index contributed by atoms with van der Waals surface area (Å²) in [4.78, 5) is 1.07. The van der Waals surface area contributed by atoms with E-state index in [0.717, 1.165) is 14.7 Å². The fourth-order valence-electron chi connectivity index (χ4n) is 1.66. The minimum Gasteiger partial charge on any atom is -0.432 e. The van der Waals surface area contributed by atoms with Gasteiger partial charge in [-0.05, 0) is 47.1 Å². The lowest BCUT2D eigenvalue weighted by atomic mass is 10.2. The molecule has 0 aliphatic rings. The molecule has 20 heavy (non-hydrogen) atoms. The molecule has 0 fully saturated rings. The number of hydrogen-bond acceptors (Lipinski definition) is 3. The fourth-order valence-corrected chi connectivity index (χ4v) is 3.09. The van der Waals surface area contributed by atoms with Gasteiger partial charge in [-0.3, -0.25) is 0 Å². The van der Waals surface area contributed by atoms with Crippen LogP contribution >= 0.6 is 27.3 Å². The summed E-state index contributed by atoms with van der Waals surface area (Å²) in [6, 6.07) is 7.68. The van der Waals surface area contributed by atoms with Crippen LogP contribution in [0.3, 0.4) is 0 Å². The second-order valence-electron chi connectivity index (χ2n) is 4.03. The molecule has 1 aromatic heterocycles. The zero-order valence-corrected chi connectivity index (χ0v) is 12.8. The average Bonchev–Trinajstić information content (AvgIpc) is 2.79. The maximum absolute atomic E-state index is 13.6. The lowest BCUT2D eigenvalue weighted by Crippen LogP contribution is -2.07. The van der Waals surface area contributed by atoms with Gasteiger partial charge >= 0.3 is 6.61 Å². The molecule has 0 radical (unpaired) electrons. The standard InChI is InChI=1S/C13H11BrF3NOS/c1-7(11-4-5-12(14)20-11)18-8-2-3-10(9(15)6-8)19-13(16)17/h2-7,13,18H,1H3. The van der Waals surface area contributed by atoms with Gasteiger partial charge in [0.1, 0.15) is 0 Å². The van der Waals surface area contributed by atoms with Crippen LogP contribution in [0.2, 0.25) is 0 Å². The van der Waals surface area contributed by atoms with Crippen molar-refractivity contribution in [3.63, 3.8) is 0 Å². The zero-order chi connectivity index (χ0) is 14.7. The van der Waals surface area contributed by atoms with Crippen LogP contribution in [0.5, 0.6) is 5.75 Å². The molecule has 2 nitrogen and oxygen atoms in total. The lowest BCUT2D eigenvalue weighted by molar-refractivity contribution is -0.0521. The Kier molecular flexibility index (Phi) is 4.93. The van der Waals surface area contributed by atoms with Gasteiger partial charge in [-0.25, -0.2) is 4.39 Å². The Labute approximate surface area is 126 Å². The highest BCUT2D eigenvalue weighted by atomic mass is 79.9. The third kappa shape index (κ3) is 3.89. The minimum atomic E-state index is -3.04. The molecule has 0 amide bonds. The number of anilines is 1. The van der Waals surface area contributed by atoms with E-state index in [4.69, 9.17) is 0 Å². The molecule has 1 aromatic carbocycles. The minimum absolute atomic E-state index is 0.0208. The van der Waals surface area contributed by atoms with Crippen LogP contribution in [0.4, 0.5) is 18.9 Å². The van der Waals surface area contributed by atoms with Gasteiger partial charge in [-0.15, -0.1) is 11.3 Å². The van der Waals surface area contributed by atoms with Crippen LogP contribution in [0.1, 0.15) is 17.8 Å². The average molecular weight is 366 g/mol. The Morgan fingerprint density at radius 3 is 2.55 bits per heavy atom. The van der Waals surface area contributed by atoms with Crippen LogP contribution < -0.4 is 10.1 Å². The van der Waals surface area contributed by atoms with Gasteiger partial charge in [0.2, 0.25) is 0 Å². The van der Waals surface area contributed by atoms with Crippen LogP contribution in [0.15, 0.2) is 34.1 Å². The molecule has 0 saturated heterocycles. The first-order valence-electron chi connectivity index (χ1n) is 5.72. The van der Waals surface area contributed by atoms with Crippen molar-refractivity contribution in [1.29, 1.82) is 0 Å². The summed E-state index contributed by atoms with van der Waals surface area (Å²) in [5, 5.41) is 3.10. The van der Waals surface area contributed by atoms with Gasteiger partial charge in [-0.1, -0.05) is 0 Å². The molecule has 0 aliphatic heterocycles. The summed E-state index contributed by atoms with van der Waals surface area (Å²) in [6.45, 7) is -1.11. The van der Waals surface area contributed by atoms with Crippen molar-refractivity contribution >= 4 is 33.0 Å². The Hall–Kier alpha value is -1.21. The molecule has 2 rings (SSSR count). The highest BCUT2D eigenvalue weighted by Gasteiger charge is 2.12. The predicted molar refractivity (Wildman–Crippen MR) is 77.1 cm³/mol. The number of nitrogens with one attached hydrogen (secondary N) is 1. The lowest BCUT2D eigenvalue weighted by Gasteiger charge is -2.14. The largest absolute Gasteiger partial charge is 0.432 e. The summed E-state index contributed by atoms with van der Waals surface area (Å²) in [7, 11) is 0. The highest BCUT2D eigenvalue weighted by Crippen LogP contribution is 2.30. The fraction of sp³-hybridized carbons (Fsp3) is 0.231. The first-order valence-corrected chi connectivity index (χ1v) is 7.33. The topological polar surface area (TPSA) is 21.3 Å². The van der Waals surface area contributed by atoms with Crippen molar-refractivity contribution in [2.45, 2.75) is 19.6 Å². The molecule has 1 heterocycles. The van der Waals surface area contributed by atoms with E-state index in [1.807, 2.05) is 19.1 Å². The van der Waals surface area contributed by atoms with E-state index in [1.165, 1.54) is 12.1 Å². The molecular formula is C13H11BrF3NOS. The van der Waals surface area contributed by atoms with Crippen molar-refractivity contribution in [2.75, 3.05) is 5.32 Å². The number of halogens is 4. The van der Waals surface area contributed by atoms with Crippen molar-refractivity contribution in [3.05, 3.63) is 44.8 Å². The summed E-state index contributed by atoms with van der Waals surface area (Å²) < 4.78 is 42.7. The van der Waals surface area contributed by atoms with Crippen LogP contribution in [-0.2, 0) is 0 Å². The first-order chi connectivity index (χ1) is 9.45. The van der Waals surface area contributed by atoms with Crippen molar-refractivity contribution in [2.24, 2.45) is 0 Å². The molecule has 108 valence electrons. The molecule has 0 bridgehead atoms. The normalized spacial score (nSPS) is 12.5. The first kappa shape index (κ1) is 15.2. The summed E-state index contributed by atoms with van der Waals surface area (Å²) in [5.41, 5.74) is 0.501. The van der Waals surface area contributed by atoms with Crippen LogP contribution in [0, 0.1) is 5.82 Å². The number of alkyl halides is 2. The summed E-state index contributed by atoms with van der Waals surface area (Å²) >= 11 is 4.94. The van der Waals surface area contributed by atoms with E-state index in [0.29, 0.717) is 5.69 Å². The molecule has 0 saturated carbocycles. The second kappa shape index (κ2) is 6.49. The van der Waals surface area contributed by atoms with Crippen LogP contribution in [-0.4, -0.2) is 6.61 Å². The number of benzene rings is 1. The number of thiophene rings is 1. The summed E-state index contributed by atoms with van der Waals surface area (Å²) in [6.07, 6.45) is 0. The van der Waals surface area contributed by atoms with Gasteiger partial charge < -0.3 is 10.1 Å². The zero-order valence-electron chi connectivity index (χ0n) is 10.4. The van der Waals surface area contributed by atoms with Gasteiger partial charge in [-0.2, -0.15) is 8.78 Å². The third-order valence-corrected chi connectivity index (χ3v) is 4.36. The van der Waals surface area contributed by atoms with E-state index in [2.05, 4.69) is 26.0 Å². The Balaban J connectivity index is 2.08. The quantitative estimate of drug-likeness (QED) is 0.763. The van der Waals surface area contributed by atoms with Gasteiger partial charge in [0.25, 0.3) is 0 Å². The molecule has 0 aliphatic carbocycles. The Morgan fingerprint density at radius 2 is 2.00 bits per heavy atom. The van der Waals surface area contributed by atoms with E-state index < -0.39 is 18.2 Å². The maximum atomic E-state index is 13.6. The molecule has 7 heteroatoms. The van der Waals surface area contributed by atoms with E-state index in [1.54, 1.807) is 11.3 Å². The van der Waals surface area contributed by atoms with Gasteiger partial charge in [0.15, 0.2) is 11.6 Å². The van der Waals surface area contributed by atoms with E-state index in [-0.39, 0.29) is 6.04 Å². The predicted octanol–water partition coefficient (Wildman–Crippen LogP) is 5.42. The molecule has 1 atom stereocenters.